The van der Waals surface area contributed by atoms with Gasteiger partial charge in [-0.05, 0) is 29.4 Å². The summed E-state index contributed by atoms with van der Waals surface area (Å²) in [4.78, 5) is 4.16. The van der Waals surface area contributed by atoms with Gasteiger partial charge in [0.2, 0.25) is 0 Å². The zero-order valence-corrected chi connectivity index (χ0v) is 9.33. The highest BCUT2D eigenvalue weighted by Crippen LogP contribution is 2.36. The summed E-state index contributed by atoms with van der Waals surface area (Å²) in [5.41, 5.74) is 3.84. The maximum Gasteiger partial charge on any atom is 0.134 e. The Morgan fingerprint density at radius 2 is 2.07 bits per heavy atom. The molecule has 2 rings (SSSR count). The van der Waals surface area contributed by atoms with E-state index < -0.39 is 0 Å². The van der Waals surface area contributed by atoms with Gasteiger partial charge in [0.05, 0.1) is 0 Å². The van der Waals surface area contributed by atoms with Gasteiger partial charge < -0.3 is 5.11 Å². The molecule has 0 heterocycles. The van der Waals surface area contributed by atoms with E-state index in [1.54, 1.807) is 0 Å². The third-order valence-electron chi connectivity index (χ3n) is 3.22. The highest BCUT2D eigenvalue weighted by atomic mass is 16.3. The second kappa shape index (κ2) is 3.78. The van der Waals surface area contributed by atoms with Gasteiger partial charge in [0.15, 0.2) is 0 Å². The van der Waals surface area contributed by atoms with Gasteiger partial charge in [0.25, 0.3) is 0 Å². The first-order chi connectivity index (χ1) is 7.15. The molecule has 2 nitrogen and oxygen atoms in total. The number of nitrogens with zero attached hydrogens (tertiary/aromatic N) is 1. The maximum absolute atomic E-state index is 8.89. The number of aliphatic imine (C=N–C) groups is 1. The number of rotatable bonds is 1. The quantitative estimate of drug-likeness (QED) is 0.747. The van der Waals surface area contributed by atoms with E-state index in [1.807, 2.05) is 6.07 Å². The minimum Gasteiger partial charge on any atom is -0.375 e. The average molecular weight is 203 g/mol. The summed E-state index contributed by atoms with van der Waals surface area (Å²) >= 11 is 0. The topological polar surface area (TPSA) is 32.6 Å². The summed E-state index contributed by atoms with van der Waals surface area (Å²) in [6, 6.07) is 8.38. The number of hydrogen-bond acceptors (Lipinski definition) is 2. The minimum atomic E-state index is -0.107. The Labute approximate surface area is 90.7 Å². The van der Waals surface area contributed by atoms with Crippen molar-refractivity contribution < 1.29 is 5.11 Å². The van der Waals surface area contributed by atoms with Crippen LogP contribution in [0.1, 0.15) is 37.8 Å². The van der Waals surface area contributed by atoms with Crippen LogP contribution in [0.3, 0.4) is 0 Å². The van der Waals surface area contributed by atoms with Crippen molar-refractivity contribution in [2.24, 2.45) is 4.99 Å². The Hall–Kier alpha value is -1.15. The van der Waals surface area contributed by atoms with E-state index in [2.05, 4.69) is 37.0 Å². The number of aliphatic hydroxyl groups excluding tert-OH is 1. The molecule has 0 bridgehead atoms. The summed E-state index contributed by atoms with van der Waals surface area (Å²) in [6.45, 7) is 4.42. The SMILES string of the molecule is CC1(C)CC/C(=N\CO)c2ccccc21. The van der Waals surface area contributed by atoms with Crippen molar-refractivity contribution >= 4 is 5.71 Å². The lowest BCUT2D eigenvalue weighted by Crippen LogP contribution is -2.27. The second-order valence-electron chi connectivity index (χ2n) is 4.68. The normalized spacial score (nSPS) is 21.4. The van der Waals surface area contributed by atoms with E-state index in [9.17, 15) is 0 Å². The Balaban J connectivity index is 2.54. The zero-order chi connectivity index (χ0) is 10.9. The molecule has 1 aliphatic rings. The van der Waals surface area contributed by atoms with Crippen LogP contribution in [0.25, 0.3) is 0 Å². The Kier molecular flexibility index (Phi) is 2.61. The molecule has 0 radical (unpaired) electrons. The van der Waals surface area contributed by atoms with E-state index in [0.29, 0.717) is 0 Å². The molecule has 0 spiro atoms. The van der Waals surface area contributed by atoms with Crippen LogP contribution in [0, 0.1) is 0 Å². The predicted octanol–water partition coefficient (Wildman–Crippen LogP) is 2.50. The first-order valence-electron chi connectivity index (χ1n) is 5.39. The molecule has 1 N–H and O–H groups in total. The average Bonchev–Trinajstić information content (AvgIpc) is 2.23. The molecule has 2 heteroatoms. The van der Waals surface area contributed by atoms with Crippen molar-refractivity contribution in [2.75, 3.05) is 6.73 Å². The van der Waals surface area contributed by atoms with Crippen LogP contribution >= 0.6 is 0 Å². The largest absolute Gasteiger partial charge is 0.375 e. The van der Waals surface area contributed by atoms with Crippen molar-refractivity contribution in [2.45, 2.75) is 32.1 Å². The summed E-state index contributed by atoms with van der Waals surface area (Å²) < 4.78 is 0. The maximum atomic E-state index is 8.89. The van der Waals surface area contributed by atoms with E-state index >= 15 is 0 Å². The molecule has 0 unspecified atom stereocenters. The Morgan fingerprint density at radius 1 is 1.33 bits per heavy atom. The van der Waals surface area contributed by atoms with Gasteiger partial charge in [-0.2, -0.15) is 0 Å². The molecule has 15 heavy (non-hydrogen) atoms. The van der Waals surface area contributed by atoms with Crippen molar-refractivity contribution in [1.82, 2.24) is 0 Å². The third kappa shape index (κ3) is 1.82. The zero-order valence-electron chi connectivity index (χ0n) is 9.33. The van der Waals surface area contributed by atoms with Gasteiger partial charge >= 0.3 is 0 Å². The summed E-state index contributed by atoms with van der Waals surface area (Å²) in [6.07, 6.45) is 2.06. The fourth-order valence-electron chi connectivity index (χ4n) is 2.27. The lowest BCUT2D eigenvalue weighted by atomic mass is 9.72. The molecular formula is C13H17NO. The fraction of sp³-hybridized carbons (Fsp3) is 0.462. The fourth-order valence-corrected chi connectivity index (χ4v) is 2.27. The van der Waals surface area contributed by atoms with Crippen LogP contribution in [0.4, 0.5) is 0 Å². The predicted molar refractivity (Wildman–Crippen MR) is 62.3 cm³/mol. The number of fused-ring (bicyclic) bond motifs is 1. The Morgan fingerprint density at radius 3 is 2.80 bits per heavy atom. The first-order valence-corrected chi connectivity index (χ1v) is 5.39. The van der Waals surface area contributed by atoms with Crippen molar-refractivity contribution in [3.8, 4) is 0 Å². The summed E-state index contributed by atoms with van der Waals surface area (Å²) in [7, 11) is 0. The molecule has 0 aliphatic heterocycles. The highest BCUT2D eigenvalue weighted by molar-refractivity contribution is 6.03. The van der Waals surface area contributed by atoms with Gasteiger partial charge in [-0.25, -0.2) is 0 Å². The van der Waals surface area contributed by atoms with E-state index in [4.69, 9.17) is 5.11 Å². The van der Waals surface area contributed by atoms with E-state index in [0.717, 1.165) is 18.6 Å². The van der Waals surface area contributed by atoms with Gasteiger partial charge in [0, 0.05) is 5.71 Å². The van der Waals surface area contributed by atoms with E-state index in [-0.39, 0.29) is 12.1 Å². The van der Waals surface area contributed by atoms with Crippen LogP contribution in [-0.4, -0.2) is 17.5 Å². The lowest BCUT2D eigenvalue weighted by molar-refractivity contribution is 0.308. The Bertz CT molecular complexity index is 393. The number of aliphatic hydroxyl groups is 1. The van der Waals surface area contributed by atoms with Crippen molar-refractivity contribution in [1.29, 1.82) is 0 Å². The summed E-state index contributed by atoms with van der Waals surface area (Å²) in [5.74, 6) is 0. The van der Waals surface area contributed by atoms with Gasteiger partial charge in [-0.15, -0.1) is 0 Å². The third-order valence-corrected chi connectivity index (χ3v) is 3.22. The molecule has 1 aromatic carbocycles. The molecule has 0 amide bonds. The lowest BCUT2D eigenvalue weighted by Gasteiger charge is -2.33. The molecular weight excluding hydrogens is 186 g/mol. The summed E-state index contributed by atoms with van der Waals surface area (Å²) in [5, 5.41) is 8.89. The smallest absolute Gasteiger partial charge is 0.134 e. The first kappa shape index (κ1) is 10.4. The number of benzene rings is 1. The molecule has 0 saturated carbocycles. The standard InChI is InChI=1S/C13H17NO/c1-13(2)8-7-12(14-9-15)10-5-3-4-6-11(10)13/h3-6,15H,7-9H2,1-2H3/b14-12+. The van der Waals surface area contributed by atoms with Crippen LogP contribution in [0.2, 0.25) is 0 Å². The van der Waals surface area contributed by atoms with Crippen LogP contribution in [0.5, 0.6) is 0 Å². The monoisotopic (exact) mass is 203 g/mol. The molecule has 0 fully saturated rings. The number of hydrogen-bond donors (Lipinski definition) is 1. The van der Waals surface area contributed by atoms with Gasteiger partial charge in [-0.1, -0.05) is 38.1 Å². The highest BCUT2D eigenvalue weighted by Gasteiger charge is 2.29. The van der Waals surface area contributed by atoms with Crippen LogP contribution in [-0.2, 0) is 5.41 Å². The van der Waals surface area contributed by atoms with Gasteiger partial charge in [0.1, 0.15) is 6.73 Å². The molecule has 0 saturated heterocycles. The van der Waals surface area contributed by atoms with Crippen LogP contribution in [0.15, 0.2) is 29.3 Å². The molecule has 80 valence electrons. The minimum absolute atomic E-state index is 0.107. The van der Waals surface area contributed by atoms with Gasteiger partial charge in [-0.3, -0.25) is 4.99 Å². The van der Waals surface area contributed by atoms with Crippen molar-refractivity contribution in [3.63, 3.8) is 0 Å². The van der Waals surface area contributed by atoms with E-state index in [1.165, 1.54) is 11.1 Å². The molecule has 1 aliphatic carbocycles. The van der Waals surface area contributed by atoms with Crippen LogP contribution < -0.4 is 0 Å². The van der Waals surface area contributed by atoms with Crippen molar-refractivity contribution in [3.05, 3.63) is 35.4 Å². The molecule has 0 aromatic heterocycles. The molecule has 0 atom stereocenters. The molecule has 1 aromatic rings. The second-order valence-corrected chi connectivity index (χ2v) is 4.68.